The van der Waals surface area contributed by atoms with Gasteiger partial charge in [0.05, 0.1) is 22.9 Å². The van der Waals surface area contributed by atoms with E-state index in [0.29, 0.717) is 28.6 Å². The average molecular weight is 535 g/mol. The van der Waals surface area contributed by atoms with E-state index in [1.165, 1.54) is 16.2 Å². The first-order valence-corrected chi connectivity index (χ1v) is 13.4. The van der Waals surface area contributed by atoms with Crippen LogP contribution in [0.1, 0.15) is 66.3 Å². The van der Waals surface area contributed by atoms with Crippen molar-refractivity contribution in [3.63, 3.8) is 0 Å². The summed E-state index contributed by atoms with van der Waals surface area (Å²) >= 11 is 0. The van der Waals surface area contributed by atoms with Crippen LogP contribution in [0, 0.1) is 5.92 Å². The standard InChI is InChI=1S/C31H29F3N2O3/c1-18-6-13-25-19(16-18)7-14-26(35-25)20-8-15-27-24(17-20)28(31(32,33)34)29(30(37)38)36(27)21-9-11-23(12-10-21)39-22-4-2-3-5-22/h7-12,14-15,17-18,22H,2-6,13,16H2,1H3,(H,37,38). The molecule has 2 aliphatic carbocycles. The van der Waals surface area contributed by atoms with Crippen molar-refractivity contribution in [2.45, 2.75) is 64.1 Å². The Kier molecular flexibility index (Phi) is 6.36. The Balaban J connectivity index is 1.47. The number of benzene rings is 2. The van der Waals surface area contributed by atoms with Gasteiger partial charge in [0.25, 0.3) is 0 Å². The van der Waals surface area contributed by atoms with Gasteiger partial charge in [0.2, 0.25) is 0 Å². The third kappa shape index (κ3) is 4.77. The summed E-state index contributed by atoms with van der Waals surface area (Å²) in [7, 11) is 0. The molecule has 6 rings (SSSR count). The number of carboxylic acids is 1. The number of halogens is 3. The van der Waals surface area contributed by atoms with Crippen LogP contribution in [0.15, 0.2) is 54.6 Å². The van der Waals surface area contributed by atoms with Crippen LogP contribution in [0.3, 0.4) is 0 Å². The van der Waals surface area contributed by atoms with Crippen molar-refractivity contribution in [2.75, 3.05) is 0 Å². The summed E-state index contributed by atoms with van der Waals surface area (Å²) < 4.78 is 50.5. The normalized spacial score (nSPS) is 17.9. The van der Waals surface area contributed by atoms with E-state index in [9.17, 15) is 23.1 Å². The van der Waals surface area contributed by atoms with Crippen molar-refractivity contribution in [3.05, 3.63) is 77.1 Å². The highest BCUT2D eigenvalue weighted by molar-refractivity contribution is 6.01. The van der Waals surface area contributed by atoms with Crippen LogP contribution in [-0.2, 0) is 19.0 Å². The number of ether oxygens (including phenoxy) is 1. The van der Waals surface area contributed by atoms with Crippen molar-refractivity contribution >= 4 is 16.9 Å². The molecule has 39 heavy (non-hydrogen) atoms. The number of aromatic carboxylic acids is 1. The number of alkyl halides is 3. The predicted molar refractivity (Wildman–Crippen MR) is 143 cm³/mol. The van der Waals surface area contributed by atoms with E-state index in [1.807, 2.05) is 12.1 Å². The number of rotatable bonds is 5. The number of carboxylic acid groups (broad SMARTS) is 1. The molecule has 202 valence electrons. The second kappa shape index (κ2) is 9.74. The minimum absolute atomic E-state index is 0.133. The molecule has 2 heterocycles. The molecule has 0 aliphatic heterocycles. The number of hydrogen-bond donors (Lipinski definition) is 1. The smallest absolute Gasteiger partial charge is 0.419 e. The Labute approximate surface area is 224 Å². The van der Waals surface area contributed by atoms with Gasteiger partial charge in [-0.25, -0.2) is 4.79 Å². The van der Waals surface area contributed by atoms with Crippen molar-refractivity contribution in [1.82, 2.24) is 9.55 Å². The fourth-order valence-electron chi connectivity index (χ4n) is 6.03. The monoisotopic (exact) mass is 534 g/mol. The molecule has 0 saturated heterocycles. The summed E-state index contributed by atoms with van der Waals surface area (Å²) in [6.07, 6.45) is 2.23. The maximum atomic E-state index is 14.4. The molecule has 0 radical (unpaired) electrons. The van der Waals surface area contributed by atoms with Crippen LogP contribution in [0.25, 0.3) is 27.8 Å². The molecule has 0 bridgehead atoms. The first-order valence-electron chi connectivity index (χ1n) is 13.4. The van der Waals surface area contributed by atoms with Gasteiger partial charge in [-0.2, -0.15) is 13.2 Å². The van der Waals surface area contributed by atoms with Gasteiger partial charge < -0.3 is 14.4 Å². The highest BCUT2D eigenvalue weighted by atomic mass is 19.4. The largest absolute Gasteiger partial charge is 0.490 e. The third-order valence-electron chi connectivity index (χ3n) is 7.96. The van der Waals surface area contributed by atoms with E-state index >= 15 is 0 Å². The lowest BCUT2D eigenvalue weighted by atomic mass is 9.87. The number of nitrogens with zero attached hydrogens (tertiary/aromatic N) is 2. The van der Waals surface area contributed by atoms with Gasteiger partial charge in [-0.15, -0.1) is 0 Å². The van der Waals surface area contributed by atoms with E-state index < -0.39 is 23.4 Å². The van der Waals surface area contributed by atoms with Crippen LogP contribution in [-0.4, -0.2) is 26.7 Å². The molecule has 1 unspecified atom stereocenters. The van der Waals surface area contributed by atoms with Gasteiger partial charge in [0.15, 0.2) is 0 Å². The molecule has 5 nitrogen and oxygen atoms in total. The topological polar surface area (TPSA) is 64.3 Å². The van der Waals surface area contributed by atoms with E-state index in [4.69, 9.17) is 9.72 Å². The SMILES string of the molecule is CC1CCc2nc(-c3ccc4c(c3)c(C(F)(F)F)c(C(=O)O)n4-c3ccc(OC4CCCC4)cc3)ccc2C1. The molecule has 2 aliphatic rings. The molecule has 2 aromatic carbocycles. The van der Waals surface area contributed by atoms with Crippen molar-refractivity contribution in [2.24, 2.45) is 5.92 Å². The highest BCUT2D eigenvalue weighted by Gasteiger charge is 2.41. The fraction of sp³-hybridized carbons (Fsp3) is 0.355. The number of aromatic nitrogens is 2. The van der Waals surface area contributed by atoms with E-state index in [2.05, 4.69) is 6.92 Å². The molecule has 1 atom stereocenters. The summed E-state index contributed by atoms with van der Waals surface area (Å²) in [4.78, 5) is 17.1. The molecule has 0 amide bonds. The van der Waals surface area contributed by atoms with Gasteiger partial charge >= 0.3 is 12.1 Å². The van der Waals surface area contributed by atoms with Crippen LogP contribution >= 0.6 is 0 Å². The van der Waals surface area contributed by atoms with Crippen LogP contribution < -0.4 is 4.74 Å². The van der Waals surface area contributed by atoms with Crippen molar-refractivity contribution < 1.29 is 27.8 Å². The Bertz CT molecular complexity index is 1550. The van der Waals surface area contributed by atoms with Gasteiger partial charge in [-0.3, -0.25) is 4.98 Å². The Hall–Kier alpha value is -3.81. The highest BCUT2D eigenvalue weighted by Crippen LogP contribution is 2.42. The summed E-state index contributed by atoms with van der Waals surface area (Å²) in [5, 5.41) is 9.83. The first-order chi connectivity index (χ1) is 18.7. The minimum Gasteiger partial charge on any atom is -0.490 e. The van der Waals surface area contributed by atoms with Gasteiger partial charge in [0, 0.05) is 22.3 Å². The number of pyridine rings is 1. The van der Waals surface area contributed by atoms with E-state index in [1.54, 1.807) is 36.4 Å². The minimum atomic E-state index is -4.87. The zero-order chi connectivity index (χ0) is 27.3. The Morgan fingerprint density at radius 1 is 1.03 bits per heavy atom. The van der Waals surface area contributed by atoms with Crippen molar-refractivity contribution in [1.29, 1.82) is 0 Å². The molecular weight excluding hydrogens is 505 g/mol. The maximum absolute atomic E-state index is 14.4. The molecule has 2 aromatic heterocycles. The number of hydrogen-bond acceptors (Lipinski definition) is 3. The number of fused-ring (bicyclic) bond motifs is 2. The molecule has 8 heteroatoms. The van der Waals surface area contributed by atoms with Gasteiger partial charge in [0.1, 0.15) is 11.4 Å². The third-order valence-corrected chi connectivity index (χ3v) is 7.96. The first kappa shape index (κ1) is 25.5. The summed E-state index contributed by atoms with van der Waals surface area (Å²) in [5.74, 6) is -0.453. The second-order valence-electron chi connectivity index (χ2n) is 10.8. The average Bonchev–Trinajstić information content (AvgIpc) is 3.54. The molecule has 4 aromatic rings. The van der Waals surface area contributed by atoms with Crippen LogP contribution in [0.2, 0.25) is 0 Å². The maximum Gasteiger partial charge on any atom is 0.419 e. The molecular formula is C31H29F3N2O3. The predicted octanol–water partition coefficient (Wildman–Crippen LogP) is 7.86. The lowest BCUT2D eigenvalue weighted by molar-refractivity contribution is -0.136. The molecule has 1 fully saturated rings. The Morgan fingerprint density at radius 2 is 1.77 bits per heavy atom. The summed E-state index contributed by atoms with van der Waals surface area (Å²) in [6, 6.07) is 15.1. The van der Waals surface area contributed by atoms with Gasteiger partial charge in [-0.05, 0) is 98.9 Å². The van der Waals surface area contributed by atoms with E-state index in [-0.39, 0.29) is 17.0 Å². The van der Waals surface area contributed by atoms with E-state index in [0.717, 1.165) is 50.6 Å². The van der Waals surface area contributed by atoms with Gasteiger partial charge in [-0.1, -0.05) is 19.1 Å². The summed E-state index contributed by atoms with van der Waals surface area (Å²) in [6.45, 7) is 2.20. The quantitative estimate of drug-likeness (QED) is 0.283. The molecule has 1 saturated carbocycles. The number of aryl methyl sites for hydroxylation is 1. The Morgan fingerprint density at radius 3 is 2.46 bits per heavy atom. The number of carbonyl (C=O) groups is 1. The zero-order valence-corrected chi connectivity index (χ0v) is 21.6. The molecule has 0 spiro atoms. The lowest BCUT2D eigenvalue weighted by Gasteiger charge is -2.21. The second-order valence-corrected chi connectivity index (χ2v) is 10.8. The van der Waals surface area contributed by atoms with Crippen LogP contribution in [0.5, 0.6) is 5.75 Å². The summed E-state index contributed by atoms with van der Waals surface area (Å²) in [5.41, 5.74) is 1.76. The molecule has 1 N–H and O–H groups in total. The van der Waals surface area contributed by atoms with Crippen LogP contribution in [0.4, 0.5) is 13.2 Å². The van der Waals surface area contributed by atoms with Crippen molar-refractivity contribution in [3.8, 4) is 22.7 Å². The fourth-order valence-corrected chi connectivity index (χ4v) is 6.03. The zero-order valence-electron chi connectivity index (χ0n) is 21.6. The lowest BCUT2D eigenvalue weighted by Crippen LogP contribution is -2.15.